The van der Waals surface area contributed by atoms with Gasteiger partial charge < -0.3 is 5.32 Å². The van der Waals surface area contributed by atoms with Gasteiger partial charge in [0.15, 0.2) is 0 Å². The van der Waals surface area contributed by atoms with E-state index in [0.29, 0.717) is 0 Å². The summed E-state index contributed by atoms with van der Waals surface area (Å²) >= 11 is 0. The second kappa shape index (κ2) is 8.29. The van der Waals surface area contributed by atoms with Crippen LogP contribution in [0.1, 0.15) is 67.2 Å². The number of hydrogen-bond acceptors (Lipinski definition) is 1. The summed E-state index contributed by atoms with van der Waals surface area (Å²) in [5.41, 5.74) is 0. The summed E-state index contributed by atoms with van der Waals surface area (Å²) in [6.45, 7) is 16.6. The normalized spacial score (nSPS) is 28.6. The van der Waals surface area contributed by atoms with Crippen molar-refractivity contribution in [2.24, 2.45) is 35.5 Å². The average molecular weight is 268 g/mol. The molecule has 0 aromatic rings. The molecule has 0 radical (unpaired) electrons. The summed E-state index contributed by atoms with van der Waals surface area (Å²) in [5, 5.41) is 3.70. The minimum absolute atomic E-state index is 0.774. The van der Waals surface area contributed by atoms with Gasteiger partial charge in [0.1, 0.15) is 0 Å². The Hall–Kier alpha value is -0.0400. The van der Waals surface area contributed by atoms with Gasteiger partial charge in [0.05, 0.1) is 0 Å². The second-order valence-electron chi connectivity index (χ2n) is 8.02. The zero-order chi connectivity index (χ0) is 14.4. The Labute approximate surface area is 121 Å². The molecular formula is C18H37N. The van der Waals surface area contributed by atoms with Gasteiger partial charge in [-0.25, -0.2) is 0 Å². The van der Waals surface area contributed by atoms with Crippen LogP contribution in [0.3, 0.4) is 0 Å². The van der Waals surface area contributed by atoms with Crippen molar-refractivity contribution >= 4 is 0 Å². The Morgan fingerprint density at radius 1 is 0.895 bits per heavy atom. The van der Waals surface area contributed by atoms with Crippen LogP contribution in [0.25, 0.3) is 0 Å². The molecule has 1 N–H and O–H groups in total. The zero-order valence-electron chi connectivity index (χ0n) is 14.2. The zero-order valence-corrected chi connectivity index (χ0v) is 14.2. The monoisotopic (exact) mass is 267 g/mol. The fourth-order valence-electron chi connectivity index (χ4n) is 3.69. The lowest BCUT2D eigenvalue weighted by molar-refractivity contribution is 0.127. The van der Waals surface area contributed by atoms with Crippen LogP contribution in [0.5, 0.6) is 0 Å². The van der Waals surface area contributed by atoms with Gasteiger partial charge in [0.2, 0.25) is 0 Å². The molecule has 0 saturated heterocycles. The molecule has 3 atom stereocenters. The molecule has 3 unspecified atom stereocenters. The second-order valence-corrected chi connectivity index (χ2v) is 8.02. The fraction of sp³-hybridized carbons (Fsp3) is 1.00. The first-order chi connectivity index (χ1) is 8.90. The van der Waals surface area contributed by atoms with Crippen molar-refractivity contribution in [1.82, 2.24) is 5.32 Å². The molecule has 1 fully saturated rings. The lowest BCUT2D eigenvalue weighted by Gasteiger charge is -2.39. The molecule has 1 heteroatoms. The Morgan fingerprint density at radius 3 is 2.11 bits per heavy atom. The first kappa shape index (κ1) is 17.0. The Bertz CT molecular complexity index is 230. The highest BCUT2D eigenvalue weighted by Crippen LogP contribution is 2.40. The van der Waals surface area contributed by atoms with E-state index in [4.69, 9.17) is 0 Å². The fourth-order valence-corrected chi connectivity index (χ4v) is 3.69. The molecule has 1 rings (SSSR count). The smallest absolute Gasteiger partial charge is 0.00178 e. The Morgan fingerprint density at radius 2 is 1.58 bits per heavy atom. The van der Waals surface area contributed by atoms with E-state index in [0.717, 1.165) is 35.5 Å². The summed E-state index contributed by atoms with van der Waals surface area (Å²) in [4.78, 5) is 0. The van der Waals surface area contributed by atoms with Crippen LogP contribution in [-0.4, -0.2) is 13.1 Å². The van der Waals surface area contributed by atoms with Crippen molar-refractivity contribution in [3.63, 3.8) is 0 Å². The molecule has 0 spiro atoms. The number of nitrogens with one attached hydrogen (secondary N) is 1. The van der Waals surface area contributed by atoms with Crippen molar-refractivity contribution in [2.45, 2.75) is 67.2 Å². The highest BCUT2D eigenvalue weighted by atomic mass is 14.9. The molecule has 0 aromatic carbocycles. The van der Waals surface area contributed by atoms with Crippen LogP contribution in [0.2, 0.25) is 0 Å². The quantitative estimate of drug-likeness (QED) is 0.687. The van der Waals surface area contributed by atoms with Gasteiger partial charge in [-0.1, -0.05) is 41.5 Å². The molecule has 0 aromatic heterocycles. The maximum Gasteiger partial charge on any atom is -0.00178 e. The molecule has 0 bridgehead atoms. The van der Waals surface area contributed by atoms with Gasteiger partial charge in [-0.3, -0.25) is 0 Å². The van der Waals surface area contributed by atoms with Gasteiger partial charge in [-0.05, 0) is 74.3 Å². The first-order valence-corrected chi connectivity index (χ1v) is 8.60. The Kier molecular flexibility index (Phi) is 7.42. The third-order valence-corrected chi connectivity index (χ3v) is 4.86. The summed E-state index contributed by atoms with van der Waals surface area (Å²) in [6.07, 6.45) is 5.81. The molecule has 0 heterocycles. The van der Waals surface area contributed by atoms with Crippen molar-refractivity contribution < 1.29 is 0 Å². The van der Waals surface area contributed by atoms with Crippen molar-refractivity contribution in [3.8, 4) is 0 Å². The van der Waals surface area contributed by atoms with Crippen LogP contribution in [0, 0.1) is 35.5 Å². The molecule has 1 aliphatic rings. The van der Waals surface area contributed by atoms with Gasteiger partial charge in [-0.2, -0.15) is 0 Å². The number of hydrogen-bond donors (Lipinski definition) is 1. The van der Waals surface area contributed by atoms with Crippen LogP contribution >= 0.6 is 0 Å². The molecular weight excluding hydrogens is 230 g/mol. The van der Waals surface area contributed by atoms with Gasteiger partial charge >= 0.3 is 0 Å². The van der Waals surface area contributed by atoms with E-state index in [9.17, 15) is 0 Å². The standard InChI is InChI=1S/C18H37N/c1-13(2)9-18-10-16(15(5)6)7-8-17(18)12-19-11-14(3)4/h13-19H,7-12H2,1-6H3. The van der Waals surface area contributed by atoms with E-state index in [-0.39, 0.29) is 0 Å². The van der Waals surface area contributed by atoms with E-state index in [1.165, 1.54) is 38.8 Å². The molecule has 0 amide bonds. The lowest BCUT2D eigenvalue weighted by atomic mass is 9.68. The molecule has 1 nitrogen and oxygen atoms in total. The van der Waals surface area contributed by atoms with Gasteiger partial charge in [0.25, 0.3) is 0 Å². The van der Waals surface area contributed by atoms with E-state index >= 15 is 0 Å². The summed E-state index contributed by atoms with van der Waals surface area (Å²) in [7, 11) is 0. The largest absolute Gasteiger partial charge is 0.316 e. The molecule has 19 heavy (non-hydrogen) atoms. The van der Waals surface area contributed by atoms with Crippen molar-refractivity contribution in [1.29, 1.82) is 0 Å². The van der Waals surface area contributed by atoms with E-state index in [1.54, 1.807) is 0 Å². The van der Waals surface area contributed by atoms with Crippen LogP contribution in [0.4, 0.5) is 0 Å². The van der Waals surface area contributed by atoms with Crippen LogP contribution in [-0.2, 0) is 0 Å². The topological polar surface area (TPSA) is 12.0 Å². The Balaban J connectivity index is 2.48. The molecule has 1 saturated carbocycles. The minimum atomic E-state index is 0.774. The first-order valence-electron chi connectivity index (χ1n) is 8.60. The highest BCUT2D eigenvalue weighted by Gasteiger charge is 2.31. The minimum Gasteiger partial charge on any atom is -0.316 e. The van der Waals surface area contributed by atoms with E-state index in [1.807, 2.05) is 0 Å². The highest BCUT2D eigenvalue weighted by molar-refractivity contribution is 4.83. The maximum atomic E-state index is 3.70. The molecule has 0 aliphatic heterocycles. The van der Waals surface area contributed by atoms with Crippen molar-refractivity contribution in [3.05, 3.63) is 0 Å². The van der Waals surface area contributed by atoms with Crippen molar-refractivity contribution in [2.75, 3.05) is 13.1 Å². The third-order valence-electron chi connectivity index (χ3n) is 4.86. The van der Waals surface area contributed by atoms with Crippen LogP contribution < -0.4 is 5.32 Å². The lowest BCUT2D eigenvalue weighted by Crippen LogP contribution is -2.36. The van der Waals surface area contributed by atoms with Gasteiger partial charge in [-0.15, -0.1) is 0 Å². The van der Waals surface area contributed by atoms with E-state index < -0.39 is 0 Å². The average Bonchev–Trinajstić information content (AvgIpc) is 2.29. The molecule has 1 aliphatic carbocycles. The predicted molar refractivity (Wildman–Crippen MR) is 86.3 cm³/mol. The van der Waals surface area contributed by atoms with Crippen LogP contribution in [0.15, 0.2) is 0 Å². The third kappa shape index (κ3) is 6.29. The van der Waals surface area contributed by atoms with E-state index in [2.05, 4.69) is 46.9 Å². The summed E-state index contributed by atoms with van der Waals surface area (Å²) < 4.78 is 0. The maximum absolute atomic E-state index is 3.70. The summed E-state index contributed by atoms with van der Waals surface area (Å²) in [5.74, 6) is 5.36. The molecule has 114 valence electrons. The summed E-state index contributed by atoms with van der Waals surface area (Å²) in [6, 6.07) is 0. The number of rotatable bonds is 7. The predicted octanol–water partition coefficient (Wildman–Crippen LogP) is 4.97. The SMILES string of the molecule is CC(C)CNCC1CCC(C(C)C)CC1CC(C)C. The van der Waals surface area contributed by atoms with Gasteiger partial charge in [0, 0.05) is 0 Å².